The van der Waals surface area contributed by atoms with Crippen LogP contribution in [0.25, 0.3) is 5.57 Å². The average molecular weight is 276 g/mol. The Morgan fingerprint density at radius 1 is 1.40 bits per heavy atom. The van der Waals surface area contributed by atoms with Crippen LogP contribution < -0.4 is 5.73 Å². The van der Waals surface area contributed by atoms with Crippen molar-refractivity contribution in [2.24, 2.45) is 0 Å². The van der Waals surface area contributed by atoms with Gasteiger partial charge >= 0.3 is 6.09 Å². The Kier molecular flexibility index (Phi) is 3.92. The van der Waals surface area contributed by atoms with Crippen LogP contribution in [0.4, 0.5) is 10.6 Å². The van der Waals surface area contributed by atoms with Gasteiger partial charge in [0, 0.05) is 19.2 Å². The topological polar surface area (TPSA) is 81.3 Å². The highest BCUT2D eigenvalue weighted by atomic mass is 16.6. The first-order valence-electron chi connectivity index (χ1n) is 6.60. The third-order valence-corrected chi connectivity index (χ3v) is 2.88. The number of carbonyl (C=O) groups is 1. The summed E-state index contributed by atoms with van der Waals surface area (Å²) in [7, 11) is 0. The number of carbonyl (C=O) groups excluding carboxylic acids is 1. The Morgan fingerprint density at radius 3 is 2.70 bits per heavy atom. The number of nitrogens with zero attached hydrogens (tertiary/aromatic N) is 3. The van der Waals surface area contributed by atoms with Gasteiger partial charge in [-0.05, 0) is 32.8 Å². The molecule has 1 aliphatic rings. The molecule has 0 atom stereocenters. The molecule has 2 heterocycles. The van der Waals surface area contributed by atoms with E-state index in [9.17, 15) is 4.79 Å². The standard InChI is InChI=1S/C14H20N4O2/c1-14(2,3)20-13(19)18-6-4-10(5-7-18)11-8-12(15)17-9-16-11/h4,8-9H,5-7H2,1-3H3,(H2,15,16,17). The highest BCUT2D eigenvalue weighted by molar-refractivity contribution is 5.72. The molecule has 0 bridgehead atoms. The molecule has 0 aliphatic carbocycles. The molecule has 0 fully saturated rings. The number of rotatable bonds is 1. The van der Waals surface area contributed by atoms with Gasteiger partial charge in [-0.2, -0.15) is 0 Å². The predicted molar refractivity (Wildman–Crippen MR) is 76.8 cm³/mol. The summed E-state index contributed by atoms with van der Waals surface area (Å²) in [6, 6.07) is 1.75. The van der Waals surface area contributed by atoms with Crippen LogP contribution in [-0.2, 0) is 4.74 Å². The number of hydrogen-bond donors (Lipinski definition) is 1. The van der Waals surface area contributed by atoms with Crippen molar-refractivity contribution in [1.82, 2.24) is 14.9 Å². The van der Waals surface area contributed by atoms with Crippen LogP contribution in [0.5, 0.6) is 0 Å². The molecule has 1 aliphatic heterocycles. The van der Waals surface area contributed by atoms with E-state index in [-0.39, 0.29) is 6.09 Å². The van der Waals surface area contributed by atoms with E-state index in [1.165, 1.54) is 6.33 Å². The molecule has 1 aromatic rings. The maximum Gasteiger partial charge on any atom is 0.410 e. The molecule has 6 nitrogen and oxygen atoms in total. The van der Waals surface area contributed by atoms with Crippen molar-refractivity contribution >= 4 is 17.5 Å². The number of ether oxygens (including phenoxy) is 1. The van der Waals surface area contributed by atoms with Crippen LogP contribution in [-0.4, -0.2) is 39.7 Å². The Balaban J connectivity index is 2.02. The fourth-order valence-electron chi connectivity index (χ4n) is 1.94. The second kappa shape index (κ2) is 5.48. The molecule has 6 heteroatoms. The van der Waals surface area contributed by atoms with Gasteiger partial charge in [0.1, 0.15) is 17.7 Å². The molecule has 1 amide bonds. The largest absolute Gasteiger partial charge is 0.444 e. The van der Waals surface area contributed by atoms with Gasteiger partial charge < -0.3 is 15.4 Å². The summed E-state index contributed by atoms with van der Waals surface area (Å²) in [6.07, 6.45) is 3.88. The average Bonchev–Trinajstić information content (AvgIpc) is 2.37. The van der Waals surface area contributed by atoms with Crippen LogP contribution in [0.15, 0.2) is 18.5 Å². The summed E-state index contributed by atoms with van der Waals surface area (Å²) in [5.41, 5.74) is 7.08. The van der Waals surface area contributed by atoms with E-state index in [2.05, 4.69) is 9.97 Å². The van der Waals surface area contributed by atoms with Gasteiger partial charge in [0.15, 0.2) is 0 Å². The normalized spacial score (nSPS) is 15.8. The Hall–Kier alpha value is -2.11. The van der Waals surface area contributed by atoms with Gasteiger partial charge in [-0.25, -0.2) is 14.8 Å². The smallest absolute Gasteiger partial charge is 0.410 e. The van der Waals surface area contributed by atoms with Crippen molar-refractivity contribution in [3.8, 4) is 0 Å². The van der Waals surface area contributed by atoms with Crippen molar-refractivity contribution in [1.29, 1.82) is 0 Å². The summed E-state index contributed by atoms with van der Waals surface area (Å²) < 4.78 is 5.35. The van der Waals surface area contributed by atoms with E-state index in [1.54, 1.807) is 11.0 Å². The molecule has 0 radical (unpaired) electrons. The lowest BCUT2D eigenvalue weighted by molar-refractivity contribution is 0.0270. The quantitative estimate of drug-likeness (QED) is 0.849. The molecular formula is C14H20N4O2. The maximum absolute atomic E-state index is 11.9. The first kappa shape index (κ1) is 14.3. The molecule has 2 N–H and O–H groups in total. The number of amides is 1. The minimum atomic E-state index is -0.470. The van der Waals surface area contributed by atoms with E-state index >= 15 is 0 Å². The lowest BCUT2D eigenvalue weighted by Crippen LogP contribution is -2.39. The van der Waals surface area contributed by atoms with Crippen molar-refractivity contribution in [3.63, 3.8) is 0 Å². The van der Waals surface area contributed by atoms with Crippen LogP contribution in [0.3, 0.4) is 0 Å². The Bertz CT molecular complexity index is 534. The molecule has 0 aromatic carbocycles. The van der Waals surface area contributed by atoms with Gasteiger partial charge in [-0.3, -0.25) is 0 Å². The SMILES string of the molecule is CC(C)(C)OC(=O)N1CC=C(c2cc(N)ncn2)CC1. The zero-order valence-electron chi connectivity index (χ0n) is 12.1. The van der Waals surface area contributed by atoms with Crippen LogP contribution >= 0.6 is 0 Å². The van der Waals surface area contributed by atoms with E-state index < -0.39 is 5.60 Å². The summed E-state index contributed by atoms with van der Waals surface area (Å²) in [4.78, 5) is 21.7. The van der Waals surface area contributed by atoms with Gasteiger partial charge in [-0.15, -0.1) is 0 Å². The van der Waals surface area contributed by atoms with Gasteiger partial charge in [0.05, 0.1) is 5.69 Å². The third-order valence-electron chi connectivity index (χ3n) is 2.88. The molecule has 0 unspecified atom stereocenters. The van der Waals surface area contributed by atoms with Gasteiger partial charge in [0.25, 0.3) is 0 Å². The van der Waals surface area contributed by atoms with E-state index in [0.29, 0.717) is 18.9 Å². The van der Waals surface area contributed by atoms with E-state index in [4.69, 9.17) is 10.5 Å². The first-order chi connectivity index (χ1) is 9.35. The molecule has 108 valence electrons. The maximum atomic E-state index is 11.9. The predicted octanol–water partition coefficient (Wildman–Crippen LogP) is 2.08. The van der Waals surface area contributed by atoms with Crippen LogP contribution in [0, 0.1) is 0 Å². The molecule has 2 rings (SSSR count). The lowest BCUT2D eigenvalue weighted by atomic mass is 10.0. The van der Waals surface area contributed by atoms with Crippen molar-refractivity contribution < 1.29 is 9.53 Å². The molecule has 1 aromatic heterocycles. The summed E-state index contributed by atoms with van der Waals surface area (Å²) in [6.45, 7) is 6.72. The summed E-state index contributed by atoms with van der Waals surface area (Å²) in [5.74, 6) is 0.450. The minimum absolute atomic E-state index is 0.282. The second-order valence-electron chi connectivity index (χ2n) is 5.73. The summed E-state index contributed by atoms with van der Waals surface area (Å²) >= 11 is 0. The number of nitrogens with two attached hydrogens (primary N) is 1. The lowest BCUT2D eigenvalue weighted by Gasteiger charge is -2.29. The molecule has 20 heavy (non-hydrogen) atoms. The third kappa shape index (κ3) is 3.69. The zero-order chi connectivity index (χ0) is 14.8. The number of anilines is 1. The highest BCUT2D eigenvalue weighted by Gasteiger charge is 2.24. The second-order valence-corrected chi connectivity index (χ2v) is 5.73. The van der Waals surface area contributed by atoms with Crippen molar-refractivity contribution in [2.45, 2.75) is 32.8 Å². The minimum Gasteiger partial charge on any atom is -0.444 e. The zero-order valence-corrected chi connectivity index (χ0v) is 12.1. The van der Waals surface area contributed by atoms with Gasteiger partial charge in [-0.1, -0.05) is 6.08 Å². The number of nitrogen functional groups attached to an aromatic ring is 1. The monoisotopic (exact) mass is 276 g/mol. The van der Waals surface area contributed by atoms with Crippen LogP contribution in [0.2, 0.25) is 0 Å². The molecule has 0 saturated heterocycles. The summed E-state index contributed by atoms with van der Waals surface area (Å²) in [5, 5.41) is 0. The Labute approximate surface area is 118 Å². The fraction of sp³-hybridized carbons (Fsp3) is 0.500. The Morgan fingerprint density at radius 2 is 2.15 bits per heavy atom. The fourth-order valence-corrected chi connectivity index (χ4v) is 1.94. The van der Waals surface area contributed by atoms with Gasteiger partial charge in [0.2, 0.25) is 0 Å². The number of hydrogen-bond acceptors (Lipinski definition) is 5. The van der Waals surface area contributed by atoms with Crippen molar-refractivity contribution in [2.75, 3.05) is 18.8 Å². The van der Waals surface area contributed by atoms with E-state index in [1.807, 2.05) is 26.8 Å². The van der Waals surface area contributed by atoms with Crippen molar-refractivity contribution in [3.05, 3.63) is 24.2 Å². The number of aromatic nitrogens is 2. The molecular weight excluding hydrogens is 256 g/mol. The van der Waals surface area contributed by atoms with Crippen LogP contribution in [0.1, 0.15) is 32.9 Å². The molecule has 0 spiro atoms. The highest BCUT2D eigenvalue weighted by Crippen LogP contribution is 2.22. The van der Waals surface area contributed by atoms with E-state index in [0.717, 1.165) is 17.7 Å². The first-order valence-corrected chi connectivity index (χ1v) is 6.60. The molecule has 0 saturated carbocycles.